The van der Waals surface area contributed by atoms with Gasteiger partial charge in [0.2, 0.25) is 0 Å². The molecule has 0 amide bonds. The molecule has 0 unspecified atom stereocenters. The normalized spacial score (nSPS) is 22.4. The Morgan fingerprint density at radius 1 is 1.39 bits per heavy atom. The van der Waals surface area contributed by atoms with Gasteiger partial charge in [-0.2, -0.15) is 0 Å². The standard InChI is InChI=1S/C15H21NO2/c1-3-15(18)13-6-4-5-7-14(13)16(2)10-11-8-12(17)9-11/h4-7,11-12,17H,3,8-10H2,1-2H3. The van der Waals surface area contributed by atoms with E-state index in [2.05, 4.69) is 4.90 Å². The molecule has 0 atom stereocenters. The summed E-state index contributed by atoms with van der Waals surface area (Å²) in [5.74, 6) is 0.737. The van der Waals surface area contributed by atoms with E-state index in [0.29, 0.717) is 12.3 Å². The molecule has 0 aliphatic heterocycles. The monoisotopic (exact) mass is 247 g/mol. The number of rotatable bonds is 5. The maximum Gasteiger partial charge on any atom is 0.164 e. The molecular formula is C15H21NO2. The molecule has 1 N–H and O–H groups in total. The number of benzene rings is 1. The number of Topliss-reactive ketones (excluding diaryl/α,β-unsaturated/α-hetero) is 1. The van der Waals surface area contributed by atoms with Crippen LogP contribution in [0.4, 0.5) is 5.69 Å². The maximum absolute atomic E-state index is 11.9. The molecule has 0 aromatic heterocycles. The van der Waals surface area contributed by atoms with Crippen molar-refractivity contribution in [3.05, 3.63) is 29.8 Å². The number of nitrogens with zero attached hydrogens (tertiary/aromatic N) is 1. The lowest BCUT2D eigenvalue weighted by Gasteiger charge is -2.35. The average Bonchev–Trinajstić information content (AvgIpc) is 2.36. The quantitative estimate of drug-likeness (QED) is 0.813. The number of para-hydroxylation sites is 1. The first kappa shape index (κ1) is 13.1. The molecule has 1 fully saturated rings. The Labute approximate surface area is 108 Å². The van der Waals surface area contributed by atoms with Gasteiger partial charge in [0.25, 0.3) is 0 Å². The molecule has 1 aromatic rings. The number of carbonyl (C=O) groups is 1. The van der Waals surface area contributed by atoms with Crippen LogP contribution in [0, 0.1) is 5.92 Å². The number of aliphatic hydroxyl groups excluding tert-OH is 1. The van der Waals surface area contributed by atoms with Gasteiger partial charge in [-0.05, 0) is 30.9 Å². The highest BCUT2D eigenvalue weighted by Crippen LogP contribution is 2.30. The summed E-state index contributed by atoms with van der Waals surface area (Å²) in [4.78, 5) is 14.0. The zero-order valence-electron chi connectivity index (χ0n) is 11.1. The summed E-state index contributed by atoms with van der Waals surface area (Å²) in [7, 11) is 2.02. The molecule has 18 heavy (non-hydrogen) atoms. The molecule has 2 rings (SSSR count). The van der Waals surface area contributed by atoms with Crippen molar-refractivity contribution < 1.29 is 9.90 Å². The molecule has 3 heteroatoms. The summed E-state index contributed by atoms with van der Waals surface area (Å²) in [6.45, 7) is 2.80. The fraction of sp³-hybridized carbons (Fsp3) is 0.533. The van der Waals surface area contributed by atoms with Gasteiger partial charge in [0.1, 0.15) is 0 Å². The molecule has 0 radical (unpaired) electrons. The number of carbonyl (C=O) groups excluding carboxylic acids is 1. The topological polar surface area (TPSA) is 40.5 Å². The molecule has 98 valence electrons. The molecule has 0 heterocycles. The van der Waals surface area contributed by atoms with Gasteiger partial charge in [-0.15, -0.1) is 0 Å². The summed E-state index contributed by atoms with van der Waals surface area (Å²) in [6.07, 6.45) is 2.19. The highest BCUT2D eigenvalue weighted by Gasteiger charge is 2.28. The van der Waals surface area contributed by atoms with Crippen molar-refractivity contribution in [2.24, 2.45) is 5.92 Å². The van der Waals surface area contributed by atoms with E-state index in [1.807, 2.05) is 38.2 Å². The van der Waals surface area contributed by atoms with Crippen molar-refractivity contribution in [2.75, 3.05) is 18.5 Å². The molecule has 0 spiro atoms. The number of anilines is 1. The second-order valence-corrected chi connectivity index (χ2v) is 5.17. The van der Waals surface area contributed by atoms with Crippen LogP contribution in [0.15, 0.2) is 24.3 Å². The van der Waals surface area contributed by atoms with Gasteiger partial charge in [-0.25, -0.2) is 0 Å². The van der Waals surface area contributed by atoms with Crippen LogP contribution in [0.3, 0.4) is 0 Å². The predicted molar refractivity (Wildman–Crippen MR) is 73.1 cm³/mol. The molecular weight excluding hydrogens is 226 g/mol. The van der Waals surface area contributed by atoms with Gasteiger partial charge >= 0.3 is 0 Å². The Bertz CT molecular complexity index is 424. The van der Waals surface area contributed by atoms with Crippen LogP contribution in [-0.4, -0.2) is 30.6 Å². The number of hydrogen-bond acceptors (Lipinski definition) is 3. The molecule has 3 nitrogen and oxygen atoms in total. The Hall–Kier alpha value is -1.35. The average molecular weight is 247 g/mol. The van der Waals surface area contributed by atoms with Gasteiger partial charge in [-0.3, -0.25) is 4.79 Å². The van der Waals surface area contributed by atoms with Gasteiger partial charge in [0, 0.05) is 31.3 Å². The fourth-order valence-corrected chi connectivity index (χ4v) is 2.57. The summed E-state index contributed by atoms with van der Waals surface area (Å²) in [5.41, 5.74) is 1.81. The van der Waals surface area contributed by atoms with Crippen molar-refractivity contribution in [1.82, 2.24) is 0 Å². The summed E-state index contributed by atoms with van der Waals surface area (Å²) in [6, 6.07) is 7.77. The number of hydrogen-bond donors (Lipinski definition) is 1. The Morgan fingerprint density at radius 3 is 2.67 bits per heavy atom. The molecule has 1 aromatic carbocycles. The van der Waals surface area contributed by atoms with Gasteiger partial charge < -0.3 is 10.0 Å². The largest absolute Gasteiger partial charge is 0.393 e. The third kappa shape index (κ3) is 2.72. The lowest BCUT2D eigenvalue weighted by Crippen LogP contribution is -2.37. The van der Waals surface area contributed by atoms with E-state index < -0.39 is 0 Å². The maximum atomic E-state index is 11.9. The SMILES string of the molecule is CCC(=O)c1ccccc1N(C)CC1CC(O)C1. The third-order valence-corrected chi connectivity index (χ3v) is 3.68. The molecule has 1 aliphatic carbocycles. The van der Waals surface area contributed by atoms with Crippen LogP contribution in [-0.2, 0) is 0 Å². The molecule has 0 bridgehead atoms. The number of ketones is 1. The van der Waals surface area contributed by atoms with Crippen molar-refractivity contribution >= 4 is 11.5 Å². The van der Waals surface area contributed by atoms with Crippen LogP contribution >= 0.6 is 0 Å². The first-order valence-electron chi connectivity index (χ1n) is 6.63. The van der Waals surface area contributed by atoms with Crippen molar-refractivity contribution in [3.63, 3.8) is 0 Å². The van der Waals surface area contributed by atoms with E-state index in [4.69, 9.17) is 0 Å². The van der Waals surface area contributed by atoms with E-state index in [-0.39, 0.29) is 11.9 Å². The highest BCUT2D eigenvalue weighted by atomic mass is 16.3. The van der Waals surface area contributed by atoms with E-state index in [1.165, 1.54) is 0 Å². The van der Waals surface area contributed by atoms with E-state index in [0.717, 1.165) is 30.6 Å². The Balaban J connectivity index is 2.09. The lowest BCUT2D eigenvalue weighted by atomic mass is 9.82. The van der Waals surface area contributed by atoms with E-state index in [1.54, 1.807) is 0 Å². The van der Waals surface area contributed by atoms with Crippen molar-refractivity contribution in [2.45, 2.75) is 32.3 Å². The smallest absolute Gasteiger partial charge is 0.164 e. The van der Waals surface area contributed by atoms with Crippen LogP contribution in [0.1, 0.15) is 36.5 Å². The lowest BCUT2D eigenvalue weighted by molar-refractivity contribution is 0.0464. The zero-order chi connectivity index (χ0) is 13.1. The summed E-state index contributed by atoms with van der Waals surface area (Å²) in [5, 5.41) is 9.31. The minimum atomic E-state index is -0.115. The molecule has 1 aliphatic rings. The van der Waals surface area contributed by atoms with Crippen LogP contribution in [0.25, 0.3) is 0 Å². The van der Waals surface area contributed by atoms with Crippen LogP contribution in [0.5, 0.6) is 0 Å². The zero-order valence-corrected chi connectivity index (χ0v) is 11.1. The third-order valence-electron chi connectivity index (χ3n) is 3.68. The number of aliphatic hydroxyl groups is 1. The fourth-order valence-electron chi connectivity index (χ4n) is 2.57. The summed E-state index contributed by atoms with van der Waals surface area (Å²) < 4.78 is 0. The first-order valence-corrected chi connectivity index (χ1v) is 6.63. The van der Waals surface area contributed by atoms with Crippen LogP contribution < -0.4 is 4.90 Å². The Morgan fingerprint density at radius 2 is 2.06 bits per heavy atom. The van der Waals surface area contributed by atoms with Gasteiger partial charge in [0.05, 0.1) is 6.10 Å². The summed E-state index contributed by atoms with van der Waals surface area (Å²) >= 11 is 0. The minimum Gasteiger partial charge on any atom is -0.393 e. The van der Waals surface area contributed by atoms with Crippen molar-refractivity contribution in [1.29, 1.82) is 0 Å². The first-order chi connectivity index (χ1) is 8.61. The van der Waals surface area contributed by atoms with E-state index >= 15 is 0 Å². The van der Waals surface area contributed by atoms with Gasteiger partial charge in [0.15, 0.2) is 5.78 Å². The Kier molecular flexibility index (Phi) is 4.02. The van der Waals surface area contributed by atoms with Crippen LogP contribution in [0.2, 0.25) is 0 Å². The second kappa shape index (κ2) is 5.53. The van der Waals surface area contributed by atoms with E-state index in [9.17, 15) is 9.90 Å². The van der Waals surface area contributed by atoms with Crippen molar-refractivity contribution in [3.8, 4) is 0 Å². The molecule has 0 saturated heterocycles. The molecule has 1 saturated carbocycles. The second-order valence-electron chi connectivity index (χ2n) is 5.17. The highest BCUT2D eigenvalue weighted by molar-refractivity contribution is 6.01. The van der Waals surface area contributed by atoms with Gasteiger partial charge in [-0.1, -0.05) is 19.1 Å². The predicted octanol–water partition coefficient (Wildman–Crippen LogP) is 2.49. The minimum absolute atomic E-state index is 0.115.